The van der Waals surface area contributed by atoms with Crippen LogP contribution in [0.2, 0.25) is 0 Å². The van der Waals surface area contributed by atoms with E-state index in [1.165, 1.54) is 17.5 Å². The van der Waals surface area contributed by atoms with Crippen LogP contribution in [-0.2, 0) is 19.4 Å². The predicted octanol–water partition coefficient (Wildman–Crippen LogP) is 2.25. The minimum Gasteiger partial charge on any atom is -0.292 e. The summed E-state index contributed by atoms with van der Waals surface area (Å²) in [6, 6.07) is 7.92. The lowest BCUT2D eigenvalue weighted by atomic mass is 10.0. The fourth-order valence-electron chi connectivity index (χ4n) is 2.38. The van der Waals surface area contributed by atoms with Gasteiger partial charge in [-0.25, -0.2) is 0 Å². The first-order valence-electron chi connectivity index (χ1n) is 5.95. The number of rotatable bonds is 3. The Balaban J connectivity index is 1.82. The summed E-state index contributed by atoms with van der Waals surface area (Å²) in [5, 5.41) is 4.05. The molecule has 0 saturated heterocycles. The fourth-order valence-corrected chi connectivity index (χ4v) is 2.38. The summed E-state index contributed by atoms with van der Waals surface area (Å²) in [5.74, 6) is 0.128. The van der Waals surface area contributed by atoms with Crippen LogP contribution >= 0.6 is 0 Å². The number of benzene rings is 1. The summed E-state index contributed by atoms with van der Waals surface area (Å²) < 4.78 is 1.66. The Bertz CT molecular complexity index is 543. The van der Waals surface area contributed by atoms with Crippen molar-refractivity contribution in [3.05, 3.63) is 53.3 Å². The largest absolute Gasteiger partial charge is 0.292 e. The highest BCUT2D eigenvalue weighted by Gasteiger charge is 2.14. The zero-order chi connectivity index (χ0) is 11.7. The van der Waals surface area contributed by atoms with Crippen LogP contribution in [0.5, 0.6) is 0 Å². The molecule has 0 saturated carbocycles. The third-order valence-corrected chi connectivity index (χ3v) is 3.29. The summed E-state index contributed by atoms with van der Waals surface area (Å²) in [6.45, 7) is 0.325. The van der Waals surface area contributed by atoms with Crippen molar-refractivity contribution in [3.63, 3.8) is 0 Å². The van der Waals surface area contributed by atoms with E-state index in [4.69, 9.17) is 0 Å². The number of carbonyl (C=O) groups excluding carboxylic acids is 1. The molecule has 2 aromatic rings. The van der Waals surface area contributed by atoms with Gasteiger partial charge in [0.15, 0.2) is 5.78 Å². The normalized spacial score (nSPS) is 13.6. The molecule has 3 nitrogen and oxygen atoms in total. The zero-order valence-electron chi connectivity index (χ0n) is 9.60. The van der Waals surface area contributed by atoms with E-state index in [1.807, 2.05) is 24.4 Å². The maximum absolute atomic E-state index is 12.1. The standard InChI is InChI=1S/C14H14N2O/c17-14(10-16-8-2-7-15-16)13-6-5-11-3-1-4-12(11)9-13/h2,5-9H,1,3-4,10H2. The lowest BCUT2D eigenvalue weighted by Gasteiger charge is -2.04. The SMILES string of the molecule is O=C(Cn1cccn1)c1ccc2c(c1)CCC2. The summed E-state index contributed by atoms with van der Waals surface area (Å²) in [4.78, 5) is 12.1. The van der Waals surface area contributed by atoms with E-state index in [2.05, 4.69) is 11.2 Å². The molecule has 86 valence electrons. The molecule has 0 radical (unpaired) electrons. The van der Waals surface area contributed by atoms with Crippen molar-refractivity contribution < 1.29 is 4.79 Å². The molecule has 1 heterocycles. The van der Waals surface area contributed by atoms with Crippen LogP contribution in [0.4, 0.5) is 0 Å². The fraction of sp³-hybridized carbons (Fsp3) is 0.286. The van der Waals surface area contributed by atoms with Gasteiger partial charge in [0.1, 0.15) is 6.54 Å². The molecule has 0 atom stereocenters. The first-order chi connectivity index (χ1) is 8.33. The number of ketones is 1. The van der Waals surface area contributed by atoms with E-state index in [0.717, 1.165) is 18.4 Å². The smallest absolute Gasteiger partial charge is 0.184 e. The van der Waals surface area contributed by atoms with Gasteiger partial charge in [-0.05, 0) is 42.5 Å². The van der Waals surface area contributed by atoms with E-state index < -0.39 is 0 Å². The second kappa shape index (κ2) is 4.17. The van der Waals surface area contributed by atoms with Gasteiger partial charge in [0, 0.05) is 18.0 Å². The van der Waals surface area contributed by atoms with Gasteiger partial charge in [0.25, 0.3) is 0 Å². The summed E-state index contributed by atoms with van der Waals surface area (Å²) >= 11 is 0. The molecule has 0 spiro atoms. The molecule has 0 fully saturated rings. The second-order valence-electron chi connectivity index (χ2n) is 4.46. The monoisotopic (exact) mass is 226 g/mol. The Morgan fingerprint density at radius 2 is 2.18 bits per heavy atom. The molecule has 1 aliphatic rings. The number of hydrogen-bond acceptors (Lipinski definition) is 2. The Morgan fingerprint density at radius 1 is 1.29 bits per heavy atom. The van der Waals surface area contributed by atoms with Gasteiger partial charge in [-0.1, -0.05) is 12.1 Å². The average Bonchev–Trinajstić information content (AvgIpc) is 2.97. The maximum atomic E-state index is 12.1. The third kappa shape index (κ3) is 2.00. The van der Waals surface area contributed by atoms with Gasteiger partial charge < -0.3 is 0 Å². The molecule has 0 aliphatic heterocycles. The molecular formula is C14H14N2O. The molecule has 1 aliphatic carbocycles. The van der Waals surface area contributed by atoms with E-state index in [9.17, 15) is 4.79 Å². The van der Waals surface area contributed by atoms with Gasteiger partial charge in [-0.15, -0.1) is 0 Å². The van der Waals surface area contributed by atoms with Crippen molar-refractivity contribution in [1.82, 2.24) is 9.78 Å². The zero-order valence-corrected chi connectivity index (χ0v) is 9.60. The van der Waals surface area contributed by atoms with Crippen LogP contribution in [0.25, 0.3) is 0 Å². The minimum absolute atomic E-state index is 0.128. The number of fused-ring (bicyclic) bond motifs is 1. The predicted molar refractivity (Wildman–Crippen MR) is 65.0 cm³/mol. The van der Waals surface area contributed by atoms with Gasteiger partial charge >= 0.3 is 0 Å². The number of aryl methyl sites for hydroxylation is 2. The Morgan fingerprint density at radius 3 is 3.00 bits per heavy atom. The first kappa shape index (κ1) is 10.3. The average molecular weight is 226 g/mol. The Hall–Kier alpha value is -1.90. The summed E-state index contributed by atoms with van der Waals surface area (Å²) in [6.07, 6.45) is 6.98. The van der Waals surface area contributed by atoms with Crippen molar-refractivity contribution in [1.29, 1.82) is 0 Å². The van der Waals surface area contributed by atoms with Crippen LogP contribution in [0, 0.1) is 0 Å². The summed E-state index contributed by atoms with van der Waals surface area (Å²) in [5.41, 5.74) is 3.55. The summed E-state index contributed by atoms with van der Waals surface area (Å²) in [7, 11) is 0. The Labute approximate surface area is 100 Å². The lowest BCUT2D eigenvalue weighted by Crippen LogP contribution is -2.11. The van der Waals surface area contributed by atoms with Crippen LogP contribution in [0.3, 0.4) is 0 Å². The van der Waals surface area contributed by atoms with E-state index in [1.54, 1.807) is 10.9 Å². The minimum atomic E-state index is 0.128. The molecule has 0 bridgehead atoms. The van der Waals surface area contributed by atoms with Gasteiger partial charge in [0.05, 0.1) is 0 Å². The highest BCUT2D eigenvalue weighted by molar-refractivity contribution is 5.96. The number of aromatic nitrogens is 2. The molecule has 0 amide bonds. The molecule has 1 aromatic heterocycles. The highest BCUT2D eigenvalue weighted by atomic mass is 16.1. The number of Topliss-reactive ketones (excluding diaryl/α,β-unsaturated/α-hetero) is 1. The van der Waals surface area contributed by atoms with Crippen LogP contribution in [-0.4, -0.2) is 15.6 Å². The number of nitrogens with zero attached hydrogens (tertiary/aromatic N) is 2. The maximum Gasteiger partial charge on any atom is 0.184 e. The van der Waals surface area contributed by atoms with Crippen molar-refractivity contribution in [2.24, 2.45) is 0 Å². The molecule has 0 unspecified atom stereocenters. The van der Waals surface area contributed by atoms with Crippen molar-refractivity contribution in [2.75, 3.05) is 0 Å². The van der Waals surface area contributed by atoms with Crippen molar-refractivity contribution in [3.8, 4) is 0 Å². The topological polar surface area (TPSA) is 34.9 Å². The van der Waals surface area contributed by atoms with Crippen molar-refractivity contribution in [2.45, 2.75) is 25.8 Å². The van der Waals surface area contributed by atoms with Crippen molar-refractivity contribution >= 4 is 5.78 Å². The number of hydrogen-bond donors (Lipinski definition) is 0. The van der Waals surface area contributed by atoms with E-state index in [0.29, 0.717) is 6.54 Å². The van der Waals surface area contributed by atoms with Crippen LogP contribution < -0.4 is 0 Å². The van der Waals surface area contributed by atoms with E-state index >= 15 is 0 Å². The molecule has 3 rings (SSSR count). The highest BCUT2D eigenvalue weighted by Crippen LogP contribution is 2.23. The van der Waals surface area contributed by atoms with Gasteiger partial charge in [-0.3, -0.25) is 9.48 Å². The molecular weight excluding hydrogens is 212 g/mol. The quantitative estimate of drug-likeness (QED) is 0.752. The molecule has 3 heteroatoms. The number of carbonyl (C=O) groups is 1. The third-order valence-electron chi connectivity index (χ3n) is 3.29. The van der Waals surface area contributed by atoms with Gasteiger partial charge in [0.2, 0.25) is 0 Å². The first-order valence-corrected chi connectivity index (χ1v) is 5.95. The van der Waals surface area contributed by atoms with Crippen LogP contribution in [0.1, 0.15) is 27.9 Å². The lowest BCUT2D eigenvalue weighted by molar-refractivity contribution is 0.0967. The Kier molecular flexibility index (Phi) is 2.52. The van der Waals surface area contributed by atoms with Gasteiger partial charge in [-0.2, -0.15) is 5.10 Å². The molecule has 1 aromatic carbocycles. The molecule has 0 N–H and O–H groups in total. The van der Waals surface area contributed by atoms with E-state index in [-0.39, 0.29) is 5.78 Å². The molecule has 17 heavy (non-hydrogen) atoms. The van der Waals surface area contributed by atoms with Crippen LogP contribution in [0.15, 0.2) is 36.7 Å². The second-order valence-corrected chi connectivity index (χ2v) is 4.46.